The number of hydrogen-bond acceptors (Lipinski definition) is 8. The Kier molecular flexibility index (Phi) is 5.67. The highest BCUT2D eigenvalue weighted by molar-refractivity contribution is 7.14. The maximum Gasteiger partial charge on any atom is 0.344 e. The molecule has 0 atom stereocenters. The summed E-state index contributed by atoms with van der Waals surface area (Å²) >= 11 is 1.40. The third-order valence-corrected chi connectivity index (χ3v) is 5.86. The molecule has 0 amide bonds. The van der Waals surface area contributed by atoms with E-state index in [4.69, 9.17) is 4.42 Å². The van der Waals surface area contributed by atoms with Crippen molar-refractivity contribution in [1.29, 1.82) is 0 Å². The lowest BCUT2D eigenvalue weighted by Crippen LogP contribution is -2.02. The fourth-order valence-corrected chi connectivity index (χ4v) is 4.05. The first-order chi connectivity index (χ1) is 16.6. The number of hydrazone groups is 1. The highest BCUT2D eigenvalue weighted by Gasteiger charge is 2.09. The van der Waals surface area contributed by atoms with Crippen LogP contribution >= 0.6 is 11.3 Å². The van der Waals surface area contributed by atoms with Crippen molar-refractivity contribution in [2.24, 2.45) is 5.10 Å². The number of aromatic nitrogens is 1. The van der Waals surface area contributed by atoms with Crippen molar-refractivity contribution in [1.82, 2.24) is 4.98 Å². The second-order valence-electron chi connectivity index (χ2n) is 7.32. The third kappa shape index (κ3) is 4.45. The summed E-state index contributed by atoms with van der Waals surface area (Å²) in [6.45, 7) is 0. The average molecular weight is 468 g/mol. The van der Waals surface area contributed by atoms with E-state index in [-0.39, 0.29) is 11.3 Å². The SMILES string of the molecule is O=c1oc2ccccc2cc1-c1ccc(-c2csc(NN=Cc3ccc([N+](=O)[O-])cc3)n2)cc1. The first kappa shape index (κ1) is 21.2. The van der Waals surface area contributed by atoms with E-state index in [2.05, 4.69) is 15.5 Å². The van der Waals surface area contributed by atoms with Crippen LogP contribution in [-0.2, 0) is 0 Å². The lowest BCUT2D eigenvalue weighted by Gasteiger charge is -2.04. The number of anilines is 1. The molecule has 0 unspecified atom stereocenters. The van der Waals surface area contributed by atoms with Crippen LogP contribution in [0.1, 0.15) is 5.56 Å². The van der Waals surface area contributed by atoms with Crippen molar-refractivity contribution >= 4 is 39.3 Å². The maximum absolute atomic E-state index is 12.4. The van der Waals surface area contributed by atoms with E-state index in [1.165, 1.54) is 23.5 Å². The predicted molar refractivity (Wildman–Crippen MR) is 133 cm³/mol. The van der Waals surface area contributed by atoms with Gasteiger partial charge in [0, 0.05) is 28.5 Å². The van der Waals surface area contributed by atoms with Crippen molar-refractivity contribution in [3.05, 3.63) is 110 Å². The number of non-ortho nitro benzene ring substituents is 1. The fraction of sp³-hybridized carbons (Fsp3) is 0. The minimum absolute atomic E-state index is 0.0298. The Hall–Kier alpha value is -4.63. The zero-order valence-corrected chi connectivity index (χ0v) is 18.4. The van der Waals surface area contributed by atoms with Gasteiger partial charge in [0.05, 0.1) is 22.4 Å². The van der Waals surface area contributed by atoms with Crippen molar-refractivity contribution in [3.8, 4) is 22.4 Å². The second-order valence-corrected chi connectivity index (χ2v) is 8.18. The molecule has 9 heteroatoms. The topological polar surface area (TPSA) is 111 Å². The van der Waals surface area contributed by atoms with Crippen molar-refractivity contribution in [3.63, 3.8) is 0 Å². The quantitative estimate of drug-likeness (QED) is 0.143. The Bertz CT molecular complexity index is 1570. The number of nitro benzene ring substituents is 1. The van der Waals surface area contributed by atoms with Crippen LogP contribution in [0.3, 0.4) is 0 Å². The van der Waals surface area contributed by atoms with Crippen LogP contribution in [0.2, 0.25) is 0 Å². The van der Waals surface area contributed by atoms with Gasteiger partial charge in [0.25, 0.3) is 5.69 Å². The molecule has 0 fully saturated rings. The minimum atomic E-state index is -0.445. The molecule has 3 aromatic carbocycles. The van der Waals surface area contributed by atoms with Gasteiger partial charge in [-0.3, -0.25) is 15.5 Å². The Labute approximate surface area is 197 Å². The number of thiazole rings is 1. The van der Waals surface area contributed by atoms with Gasteiger partial charge in [-0.2, -0.15) is 5.10 Å². The zero-order chi connectivity index (χ0) is 23.5. The van der Waals surface area contributed by atoms with Crippen molar-refractivity contribution in [2.75, 3.05) is 5.43 Å². The summed E-state index contributed by atoms with van der Waals surface area (Å²) in [5, 5.41) is 18.2. The largest absolute Gasteiger partial charge is 0.422 e. The van der Waals surface area contributed by atoms with Gasteiger partial charge in [-0.25, -0.2) is 9.78 Å². The van der Waals surface area contributed by atoms with E-state index < -0.39 is 4.92 Å². The molecular weight excluding hydrogens is 452 g/mol. The number of benzene rings is 3. The summed E-state index contributed by atoms with van der Waals surface area (Å²) in [5.74, 6) is 0. The molecule has 0 aliphatic carbocycles. The lowest BCUT2D eigenvalue weighted by atomic mass is 10.0. The van der Waals surface area contributed by atoms with Crippen LogP contribution in [0.4, 0.5) is 10.8 Å². The summed E-state index contributed by atoms with van der Waals surface area (Å²) in [6, 6.07) is 22.9. The van der Waals surface area contributed by atoms with Crippen LogP contribution in [0.25, 0.3) is 33.4 Å². The molecule has 0 bridgehead atoms. The highest BCUT2D eigenvalue weighted by atomic mass is 32.1. The highest BCUT2D eigenvalue weighted by Crippen LogP contribution is 2.28. The molecule has 0 aliphatic heterocycles. The first-order valence-corrected chi connectivity index (χ1v) is 11.1. The van der Waals surface area contributed by atoms with Gasteiger partial charge in [-0.15, -0.1) is 11.3 Å². The van der Waals surface area contributed by atoms with Crippen LogP contribution in [0, 0.1) is 10.1 Å². The molecule has 0 saturated carbocycles. The summed E-state index contributed by atoms with van der Waals surface area (Å²) in [6.07, 6.45) is 1.56. The monoisotopic (exact) mass is 468 g/mol. The molecule has 0 radical (unpaired) electrons. The molecule has 0 aliphatic rings. The summed E-state index contributed by atoms with van der Waals surface area (Å²) in [5.41, 5.74) is 6.76. The van der Waals surface area contributed by atoms with Gasteiger partial charge < -0.3 is 4.42 Å². The van der Waals surface area contributed by atoms with E-state index in [1.54, 1.807) is 24.4 Å². The molecule has 0 spiro atoms. The van der Waals surface area contributed by atoms with Crippen LogP contribution < -0.4 is 11.1 Å². The zero-order valence-electron chi connectivity index (χ0n) is 17.5. The minimum Gasteiger partial charge on any atom is -0.422 e. The molecule has 2 heterocycles. The fourth-order valence-electron chi connectivity index (χ4n) is 3.39. The number of rotatable bonds is 6. The predicted octanol–water partition coefficient (Wildman–Crippen LogP) is 5.94. The van der Waals surface area contributed by atoms with Gasteiger partial charge in [-0.05, 0) is 35.4 Å². The van der Waals surface area contributed by atoms with Gasteiger partial charge in [0.2, 0.25) is 5.13 Å². The Balaban J connectivity index is 1.29. The van der Waals surface area contributed by atoms with E-state index >= 15 is 0 Å². The Morgan fingerprint density at radius 3 is 2.50 bits per heavy atom. The van der Waals surface area contributed by atoms with Crippen LogP contribution in [0.5, 0.6) is 0 Å². The smallest absolute Gasteiger partial charge is 0.344 e. The molecule has 1 N–H and O–H groups in total. The Morgan fingerprint density at radius 2 is 1.74 bits per heavy atom. The lowest BCUT2D eigenvalue weighted by molar-refractivity contribution is -0.384. The standard InChI is InChI=1S/C25H16N4O4S/c30-24-21(13-19-3-1-2-4-23(19)33-24)17-7-9-18(10-8-17)22-15-34-25(27-22)28-26-14-16-5-11-20(12-6-16)29(31)32/h1-15H,(H,27,28). The summed E-state index contributed by atoms with van der Waals surface area (Å²) in [7, 11) is 0. The van der Waals surface area contributed by atoms with Gasteiger partial charge in [-0.1, -0.05) is 42.5 Å². The summed E-state index contributed by atoms with van der Waals surface area (Å²) in [4.78, 5) is 27.2. The molecule has 2 aromatic heterocycles. The van der Waals surface area contributed by atoms with E-state index in [0.29, 0.717) is 16.3 Å². The maximum atomic E-state index is 12.4. The number of nitro groups is 1. The number of nitrogens with one attached hydrogen (secondary N) is 1. The van der Waals surface area contributed by atoms with Crippen molar-refractivity contribution in [2.45, 2.75) is 0 Å². The molecule has 5 rings (SSSR count). The average Bonchev–Trinajstić information content (AvgIpc) is 3.33. The molecule has 34 heavy (non-hydrogen) atoms. The number of para-hydroxylation sites is 1. The molecule has 0 saturated heterocycles. The van der Waals surface area contributed by atoms with Crippen LogP contribution in [0.15, 0.2) is 98.6 Å². The molecule has 5 aromatic rings. The molecular formula is C25H16N4O4S. The molecule has 8 nitrogen and oxygen atoms in total. The number of hydrogen-bond donors (Lipinski definition) is 1. The Morgan fingerprint density at radius 1 is 1.00 bits per heavy atom. The first-order valence-electron chi connectivity index (χ1n) is 10.2. The van der Waals surface area contributed by atoms with E-state index in [1.807, 2.05) is 53.9 Å². The second kappa shape index (κ2) is 9.08. The van der Waals surface area contributed by atoms with Crippen LogP contribution in [-0.4, -0.2) is 16.1 Å². The number of fused-ring (bicyclic) bond motifs is 1. The normalized spacial score (nSPS) is 11.2. The van der Waals surface area contributed by atoms with E-state index in [0.717, 1.165) is 27.8 Å². The van der Waals surface area contributed by atoms with Gasteiger partial charge in [0.15, 0.2) is 0 Å². The van der Waals surface area contributed by atoms with E-state index in [9.17, 15) is 14.9 Å². The van der Waals surface area contributed by atoms with Gasteiger partial charge in [0.1, 0.15) is 5.58 Å². The third-order valence-electron chi connectivity index (χ3n) is 5.11. The molecule has 166 valence electrons. The van der Waals surface area contributed by atoms with Gasteiger partial charge >= 0.3 is 5.63 Å². The number of nitrogens with zero attached hydrogens (tertiary/aromatic N) is 3. The van der Waals surface area contributed by atoms with Crippen molar-refractivity contribution < 1.29 is 9.34 Å². The summed E-state index contributed by atoms with van der Waals surface area (Å²) < 4.78 is 5.43.